The average molecular weight is 614 g/mol. The topological polar surface area (TPSA) is 123 Å². The Kier molecular flexibility index (Phi) is 8.70. The summed E-state index contributed by atoms with van der Waals surface area (Å²) in [6, 6.07) is 29.1. The number of fused-ring (bicyclic) bond motifs is 1. The third-order valence-electron chi connectivity index (χ3n) is 6.34. The quantitative estimate of drug-likeness (QED) is 0.0872. The number of ether oxygens (including phenoxy) is 2. The zero-order chi connectivity index (χ0) is 30.4. The molecule has 0 aliphatic carbocycles. The Labute approximate surface area is 252 Å². The van der Waals surface area contributed by atoms with Gasteiger partial charge in [0.25, 0.3) is 15.9 Å². The number of carbonyl (C=O) groups excluding carboxylic acids is 2. The smallest absolute Gasteiger partial charge is 0.343 e. The normalized spacial score (nSPS) is 11.3. The van der Waals surface area contributed by atoms with Crippen molar-refractivity contribution in [2.75, 3.05) is 11.8 Å². The molecule has 1 amide bonds. The van der Waals surface area contributed by atoms with Gasteiger partial charge in [-0.1, -0.05) is 41.9 Å². The van der Waals surface area contributed by atoms with Crippen molar-refractivity contribution in [2.45, 2.75) is 4.90 Å². The van der Waals surface area contributed by atoms with Crippen LogP contribution in [0.25, 0.3) is 10.8 Å². The minimum absolute atomic E-state index is 0.0514. The van der Waals surface area contributed by atoms with Gasteiger partial charge in [-0.2, -0.15) is 5.10 Å². The van der Waals surface area contributed by atoms with Crippen molar-refractivity contribution in [1.29, 1.82) is 0 Å². The largest absolute Gasteiger partial charge is 0.497 e. The van der Waals surface area contributed by atoms with E-state index in [1.165, 1.54) is 61.9 Å². The molecule has 0 saturated carbocycles. The van der Waals surface area contributed by atoms with Crippen molar-refractivity contribution in [3.05, 3.63) is 131 Å². The lowest BCUT2D eigenvalue weighted by Crippen LogP contribution is -2.18. The molecule has 0 saturated heterocycles. The van der Waals surface area contributed by atoms with Crippen molar-refractivity contribution in [2.24, 2.45) is 5.10 Å². The van der Waals surface area contributed by atoms with Crippen LogP contribution in [0.3, 0.4) is 0 Å². The lowest BCUT2D eigenvalue weighted by molar-refractivity contribution is 0.0734. The van der Waals surface area contributed by atoms with E-state index in [1.54, 1.807) is 30.3 Å². The number of sulfonamides is 1. The fraction of sp³-hybridized carbons (Fsp3) is 0.0312. The first-order valence-electron chi connectivity index (χ1n) is 12.8. The second-order valence-corrected chi connectivity index (χ2v) is 11.3. The zero-order valence-corrected chi connectivity index (χ0v) is 24.2. The van der Waals surface area contributed by atoms with Crippen LogP contribution < -0.4 is 19.6 Å². The van der Waals surface area contributed by atoms with E-state index in [1.807, 2.05) is 30.3 Å². The number of amides is 1. The molecule has 5 rings (SSSR count). The van der Waals surface area contributed by atoms with Gasteiger partial charge in [-0.05, 0) is 89.6 Å². The highest BCUT2D eigenvalue weighted by atomic mass is 35.5. The number of hydrogen-bond acceptors (Lipinski definition) is 7. The summed E-state index contributed by atoms with van der Waals surface area (Å²) >= 11 is 5.84. The SMILES string of the molecule is COc1ccc(C(=O)Oc2ccc3ccccc3c2C=NNC(=O)c2ccc(NS(=O)(=O)c3ccc(Cl)cc3)cc2)cc1. The number of rotatable bonds is 9. The van der Waals surface area contributed by atoms with Crippen LogP contribution in [0.15, 0.2) is 119 Å². The predicted molar refractivity (Wildman–Crippen MR) is 166 cm³/mol. The lowest BCUT2D eigenvalue weighted by atomic mass is 10.0. The van der Waals surface area contributed by atoms with Crippen molar-refractivity contribution in [3.63, 3.8) is 0 Å². The number of hydrazone groups is 1. The number of benzene rings is 5. The van der Waals surface area contributed by atoms with Crippen LogP contribution in [0.5, 0.6) is 11.5 Å². The third-order valence-corrected chi connectivity index (χ3v) is 7.99. The number of anilines is 1. The van der Waals surface area contributed by atoms with E-state index >= 15 is 0 Å². The van der Waals surface area contributed by atoms with Crippen LogP contribution in [0, 0.1) is 0 Å². The molecule has 11 heteroatoms. The highest BCUT2D eigenvalue weighted by molar-refractivity contribution is 7.92. The van der Waals surface area contributed by atoms with E-state index in [0.29, 0.717) is 21.9 Å². The van der Waals surface area contributed by atoms with Gasteiger partial charge in [0.05, 0.1) is 23.8 Å². The molecular formula is C32H24ClN3O6S. The maximum absolute atomic E-state index is 12.9. The molecule has 9 nitrogen and oxygen atoms in total. The summed E-state index contributed by atoms with van der Waals surface area (Å²) in [7, 11) is -2.30. The van der Waals surface area contributed by atoms with Gasteiger partial charge >= 0.3 is 5.97 Å². The van der Waals surface area contributed by atoms with E-state index < -0.39 is 21.9 Å². The van der Waals surface area contributed by atoms with Crippen LogP contribution in [0.1, 0.15) is 26.3 Å². The molecule has 0 aliphatic rings. The molecular weight excluding hydrogens is 590 g/mol. The Morgan fingerprint density at radius 1 is 0.814 bits per heavy atom. The van der Waals surface area contributed by atoms with Crippen LogP contribution in [-0.2, 0) is 10.0 Å². The Balaban J connectivity index is 1.30. The van der Waals surface area contributed by atoms with Crippen LogP contribution in [0.2, 0.25) is 5.02 Å². The number of nitrogens with zero attached hydrogens (tertiary/aromatic N) is 1. The van der Waals surface area contributed by atoms with Crippen LogP contribution in [-0.4, -0.2) is 33.6 Å². The van der Waals surface area contributed by atoms with Gasteiger partial charge in [-0.3, -0.25) is 9.52 Å². The van der Waals surface area contributed by atoms with Gasteiger partial charge in [0.2, 0.25) is 0 Å². The molecule has 43 heavy (non-hydrogen) atoms. The number of nitrogens with one attached hydrogen (secondary N) is 2. The molecule has 216 valence electrons. The van der Waals surface area contributed by atoms with Gasteiger partial charge in [0.15, 0.2) is 0 Å². The Bertz CT molecular complexity index is 1930. The molecule has 0 aromatic heterocycles. The van der Waals surface area contributed by atoms with Crippen molar-refractivity contribution in [1.82, 2.24) is 5.43 Å². The Hall–Kier alpha value is -5.19. The summed E-state index contributed by atoms with van der Waals surface area (Å²) in [4.78, 5) is 25.7. The van der Waals surface area contributed by atoms with Crippen molar-refractivity contribution >= 4 is 56.2 Å². The second kappa shape index (κ2) is 12.8. The summed E-state index contributed by atoms with van der Waals surface area (Å²) < 4.78 is 38.5. The second-order valence-electron chi connectivity index (χ2n) is 9.15. The maximum atomic E-state index is 12.9. The van der Waals surface area contributed by atoms with Gasteiger partial charge in [-0.15, -0.1) is 0 Å². The molecule has 0 heterocycles. The van der Waals surface area contributed by atoms with Crippen LogP contribution >= 0.6 is 11.6 Å². The van der Waals surface area contributed by atoms with E-state index in [4.69, 9.17) is 21.1 Å². The summed E-state index contributed by atoms with van der Waals surface area (Å²) in [6.07, 6.45) is 1.41. The molecule has 0 unspecified atom stereocenters. The first kappa shape index (κ1) is 29.3. The number of hydrogen-bond donors (Lipinski definition) is 2. The standard InChI is InChI=1S/C32H24ClN3O6S/c1-41-26-15-8-23(9-16-26)32(38)42-30-19-10-21-4-2-3-5-28(21)29(30)20-34-35-31(37)22-6-13-25(14-7-22)36-43(39,40)27-17-11-24(33)12-18-27/h2-20,36H,1H3,(H,35,37). The Morgan fingerprint density at radius 3 is 2.19 bits per heavy atom. The first-order chi connectivity index (χ1) is 20.7. The number of methoxy groups -OCH3 is 1. The molecule has 0 atom stereocenters. The molecule has 0 aliphatic heterocycles. The monoisotopic (exact) mass is 613 g/mol. The fourth-order valence-corrected chi connectivity index (χ4v) is 5.31. The summed E-state index contributed by atoms with van der Waals surface area (Å²) in [5, 5.41) is 6.17. The predicted octanol–water partition coefficient (Wildman–Crippen LogP) is 6.29. The first-order valence-corrected chi connectivity index (χ1v) is 14.7. The Morgan fingerprint density at radius 2 is 1.49 bits per heavy atom. The fourth-order valence-electron chi connectivity index (χ4n) is 4.12. The summed E-state index contributed by atoms with van der Waals surface area (Å²) in [5.41, 5.74) is 3.81. The lowest BCUT2D eigenvalue weighted by Gasteiger charge is -2.11. The minimum atomic E-state index is -3.83. The number of halogens is 1. The summed E-state index contributed by atoms with van der Waals surface area (Å²) in [6.45, 7) is 0. The van der Waals surface area contributed by atoms with Crippen molar-refractivity contribution in [3.8, 4) is 11.5 Å². The zero-order valence-electron chi connectivity index (χ0n) is 22.7. The molecule has 0 bridgehead atoms. The molecule has 5 aromatic rings. The number of carbonyl (C=O) groups is 2. The molecule has 0 radical (unpaired) electrons. The number of esters is 1. The van der Waals surface area contributed by atoms with Crippen molar-refractivity contribution < 1.29 is 27.5 Å². The molecule has 5 aromatic carbocycles. The minimum Gasteiger partial charge on any atom is -0.497 e. The van der Waals surface area contributed by atoms with E-state index in [9.17, 15) is 18.0 Å². The summed E-state index contributed by atoms with van der Waals surface area (Å²) in [5.74, 6) is -0.224. The molecule has 2 N–H and O–H groups in total. The van der Waals surface area contributed by atoms with Gasteiger partial charge < -0.3 is 9.47 Å². The highest BCUT2D eigenvalue weighted by Gasteiger charge is 2.16. The van der Waals surface area contributed by atoms with Crippen LogP contribution in [0.4, 0.5) is 5.69 Å². The van der Waals surface area contributed by atoms with E-state index in [2.05, 4.69) is 15.2 Å². The average Bonchev–Trinajstić information content (AvgIpc) is 3.02. The van der Waals surface area contributed by atoms with Gasteiger partial charge in [0, 0.05) is 21.8 Å². The maximum Gasteiger partial charge on any atom is 0.343 e. The molecule has 0 spiro atoms. The van der Waals surface area contributed by atoms with E-state index in [0.717, 1.165) is 10.8 Å². The van der Waals surface area contributed by atoms with E-state index in [-0.39, 0.29) is 21.9 Å². The third kappa shape index (κ3) is 7.00. The highest BCUT2D eigenvalue weighted by Crippen LogP contribution is 2.28. The van der Waals surface area contributed by atoms with Gasteiger partial charge in [-0.25, -0.2) is 18.6 Å². The van der Waals surface area contributed by atoms with Gasteiger partial charge in [0.1, 0.15) is 11.5 Å². The molecule has 0 fully saturated rings.